The van der Waals surface area contributed by atoms with Gasteiger partial charge in [-0.2, -0.15) is 0 Å². The molecule has 0 radical (unpaired) electrons. The number of benzene rings is 1. The van der Waals surface area contributed by atoms with Crippen LogP contribution in [0.4, 0.5) is 5.69 Å². The number of nitrogens with zero attached hydrogens (tertiary/aromatic N) is 1. The van der Waals surface area contributed by atoms with Crippen molar-refractivity contribution in [3.05, 3.63) is 35.5 Å². The zero-order valence-electron chi connectivity index (χ0n) is 12.6. The topological polar surface area (TPSA) is 37.0 Å². The third-order valence-corrected chi connectivity index (χ3v) is 4.77. The summed E-state index contributed by atoms with van der Waals surface area (Å²) in [7, 11) is 0. The average Bonchev–Trinajstić information content (AvgIpc) is 2.45. The van der Waals surface area contributed by atoms with E-state index >= 15 is 0 Å². The molecular weight excluding hydrogens is 282 g/mol. The summed E-state index contributed by atoms with van der Waals surface area (Å²) in [6.45, 7) is 6.73. The molecule has 3 rings (SSSR count). The Hall–Kier alpha value is -1.32. The third kappa shape index (κ3) is 3.14. The first-order valence-corrected chi connectivity index (χ1v) is 7.96. The first-order chi connectivity index (χ1) is 10.1. The van der Waals surface area contributed by atoms with Crippen molar-refractivity contribution in [1.82, 2.24) is 10.3 Å². The molecule has 0 aliphatic carbocycles. The SMILES string of the molecule is CC1(C)CCCNC1CNc1ccnc2cc(Cl)ccc12. The average molecular weight is 304 g/mol. The minimum absolute atomic E-state index is 0.331. The summed E-state index contributed by atoms with van der Waals surface area (Å²) in [6.07, 6.45) is 4.37. The number of fused-ring (bicyclic) bond motifs is 1. The van der Waals surface area contributed by atoms with Gasteiger partial charge in [-0.25, -0.2) is 0 Å². The van der Waals surface area contributed by atoms with E-state index in [0.29, 0.717) is 11.5 Å². The Morgan fingerprint density at radius 2 is 2.24 bits per heavy atom. The predicted octanol–water partition coefficient (Wildman–Crippen LogP) is 4.08. The normalized spacial score (nSPS) is 21.4. The lowest BCUT2D eigenvalue weighted by Crippen LogP contribution is -2.50. The van der Waals surface area contributed by atoms with Crippen LogP contribution in [0, 0.1) is 5.41 Å². The number of rotatable bonds is 3. The molecule has 0 spiro atoms. The number of nitrogens with one attached hydrogen (secondary N) is 2. The first-order valence-electron chi connectivity index (χ1n) is 7.58. The number of aromatic nitrogens is 1. The van der Waals surface area contributed by atoms with Gasteiger partial charge in [0.2, 0.25) is 0 Å². The van der Waals surface area contributed by atoms with E-state index in [0.717, 1.165) is 34.7 Å². The highest BCUT2D eigenvalue weighted by molar-refractivity contribution is 6.31. The fraction of sp³-hybridized carbons (Fsp3) is 0.471. The summed E-state index contributed by atoms with van der Waals surface area (Å²) in [6, 6.07) is 8.38. The molecular formula is C17H22ClN3. The maximum absolute atomic E-state index is 6.04. The van der Waals surface area contributed by atoms with Crippen molar-refractivity contribution < 1.29 is 0 Å². The van der Waals surface area contributed by atoms with Crippen molar-refractivity contribution in [3.63, 3.8) is 0 Å². The molecule has 2 N–H and O–H groups in total. The number of halogens is 1. The highest BCUT2D eigenvalue weighted by Gasteiger charge is 2.31. The highest BCUT2D eigenvalue weighted by atomic mass is 35.5. The van der Waals surface area contributed by atoms with Crippen LogP contribution in [0.2, 0.25) is 5.02 Å². The van der Waals surface area contributed by atoms with Crippen LogP contribution in [0.3, 0.4) is 0 Å². The maximum atomic E-state index is 6.04. The predicted molar refractivity (Wildman–Crippen MR) is 90.0 cm³/mol. The van der Waals surface area contributed by atoms with Crippen molar-refractivity contribution in [3.8, 4) is 0 Å². The molecule has 1 saturated heterocycles. The zero-order valence-corrected chi connectivity index (χ0v) is 13.4. The van der Waals surface area contributed by atoms with Crippen LogP contribution in [-0.2, 0) is 0 Å². The Morgan fingerprint density at radius 1 is 1.38 bits per heavy atom. The van der Waals surface area contributed by atoms with Crippen LogP contribution in [0.25, 0.3) is 10.9 Å². The number of piperidine rings is 1. The van der Waals surface area contributed by atoms with Gasteiger partial charge < -0.3 is 10.6 Å². The van der Waals surface area contributed by atoms with Gasteiger partial charge >= 0.3 is 0 Å². The van der Waals surface area contributed by atoms with Gasteiger partial charge in [-0.15, -0.1) is 0 Å². The fourth-order valence-electron chi connectivity index (χ4n) is 3.11. The van der Waals surface area contributed by atoms with Crippen molar-refractivity contribution in [2.75, 3.05) is 18.4 Å². The fourth-order valence-corrected chi connectivity index (χ4v) is 3.27. The van der Waals surface area contributed by atoms with Gasteiger partial charge in [0.25, 0.3) is 0 Å². The molecule has 1 unspecified atom stereocenters. The number of hydrogen-bond acceptors (Lipinski definition) is 3. The molecule has 1 aliphatic rings. The van der Waals surface area contributed by atoms with Crippen LogP contribution in [0.1, 0.15) is 26.7 Å². The monoisotopic (exact) mass is 303 g/mol. The maximum Gasteiger partial charge on any atom is 0.0737 e. The van der Waals surface area contributed by atoms with Crippen LogP contribution in [0.15, 0.2) is 30.5 Å². The van der Waals surface area contributed by atoms with Gasteiger partial charge in [-0.1, -0.05) is 25.4 Å². The zero-order chi connectivity index (χ0) is 14.9. The largest absolute Gasteiger partial charge is 0.383 e. The Kier molecular flexibility index (Phi) is 4.05. The second-order valence-electron chi connectivity index (χ2n) is 6.50. The molecule has 2 heterocycles. The van der Waals surface area contributed by atoms with E-state index in [1.807, 2.05) is 30.5 Å². The second-order valence-corrected chi connectivity index (χ2v) is 6.94. The Morgan fingerprint density at radius 3 is 3.05 bits per heavy atom. The quantitative estimate of drug-likeness (QED) is 0.897. The highest BCUT2D eigenvalue weighted by Crippen LogP contribution is 2.31. The van der Waals surface area contributed by atoms with E-state index in [9.17, 15) is 0 Å². The van der Waals surface area contributed by atoms with Gasteiger partial charge in [0.15, 0.2) is 0 Å². The van der Waals surface area contributed by atoms with E-state index in [1.54, 1.807) is 0 Å². The van der Waals surface area contributed by atoms with Crippen LogP contribution < -0.4 is 10.6 Å². The van der Waals surface area contributed by atoms with Crippen LogP contribution >= 0.6 is 11.6 Å². The molecule has 1 atom stereocenters. The van der Waals surface area contributed by atoms with Crippen molar-refractivity contribution in [2.24, 2.45) is 5.41 Å². The standard InChI is InChI=1S/C17H22ClN3/c1-17(2)7-3-8-20-16(17)11-21-14-6-9-19-15-10-12(18)4-5-13(14)15/h4-6,9-10,16,20H,3,7-8,11H2,1-2H3,(H,19,21). The molecule has 112 valence electrons. The summed E-state index contributed by atoms with van der Waals surface area (Å²) >= 11 is 6.04. The van der Waals surface area contributed by atoms with Crippen LogP contribution in [-0.4, -0.2) is 24.1 Å². The smallest absolute Gasteiger partial charge is 0.0737 e. The molecule has 1 aliphatic heterocycles. The van der Waals surface area contributed by atoms with Gasteiger partial charge in [0.05, 0.1) is 5.52 Å². The second kappa shape index (κ2) is 5.82. The Balaban J connectivity index is 1.79. The summed E-state index contributed by atoms with van der Waals surface area (Å²) in [5.74, 6) is 0. The number of anilines is 1. The Labute approximate surface area is 131 Å². The lowest BCUT2D eigenvalue weighted by atomic mass is 9.77. The molecule has 2 aromatic rings. The number of pyridine rings is 1. The molecule has 3 nitrogen and oxygen atoms in total. The van der Waals surface area contributed by atoms with E-state index < -0.39 is 0 Å². The summed E-state index contributed by atoms with van der Waals surface area (Å²) in [5.41, 5.74) is 2.39. The van der Waals surface area contributed by atoms with Crippen LogP contribution in [0.5, 0.6) is 0 Å². The molecule has 0 bridgehead atoms. The van der Waals surface area contributed by atoms with Gasteiger partial charge in [0, 0.05) is 34.9 Å². The minimum Gasteiger partial charge on any atom is -0.383 e. The molecule has 21 heavy (non-hydrogen) atoms. The third-order valence-electron chi connectivity index (χ3n) is 4.53. The van der Waals surface area contributed by atoms with Crippen molar-refractivity contribution >= 4 is 28.2 Å². The molecule has 4 heteroatoms. The van der Waals surface area contributed by atoms with E-state index in [4.69, 9.17) is 11.6 Å². The minimum atomic E-state index is 0.331. The van der Waals surface area contributed by atoms with Gasteiger partial charge in [0.1, 0.15) is 0 Å². The molecule has 1 aromatic heterocycles. The first kappa shape index (κ1) is 14.6. The van der Waals surface area contributed by atoms with Gasteiger partial charge in [-0.3, -0.25) is 4.98 Å². The van der Waals surface area contributed by atoms with E-state index in [2.05, 4.69) is 29.5 Å². The summed E-state index contributed by atoms with van der Waals surface area (Å²) < 4.78 is 0. The van der Waals surface area contributed by atoms with Crippen molar-refractivity contribution in [1.29, 1.82) is 0 Å². The molecule has 0 amide bonds. The van der Waals surface area contributed by atoms with E-state index in [1.165, 1.54) is 12.8 Å². The lowest BCUT2D eigenvalue weighted by Gasteiger charge is -2.39. The molecule has 1 aromatic carbocycles. The molecule has 0 saturated carbocycles. The van der Waals surface area contributed by atoms with E-state index in [-0.39, 0.29) is 0 Å². The summed E-state index contributed by atoms with van der Waals surface area (Å²) in [5, 5.41) is 9.07. The lowest BCUT2D eigenvalue weighted by molar-refractivity contribution is 0.188. The Bertz CT molecular complexity index is 639. The van der Waals surface area contributed by atoms with Gasteiger partial charge in [-0.05, 0) is 49.1 Å². The number of hydrogen-bond donors (Lipinski definition) is 2. The molecule has 1 fully saturated rings. The summed E-state index contributed by atoms with van der Waals surface area (Å²) in [4.78, 5) is 4.39. The van der Waals surface area contributed by atoms with Crippen molar-refractivity contribution in [2.45, 2.75) is 32.7 Å².